The second-order valence-electron chi connectivity index (χ2n) is 6.63. The molecule has 0 aliphatic rings. The fourth-order valence-corrected chi connectivity index (χ4v) is 3.03. The van der Waals surface area contributed by atoms with E-state index in [1.165, 1.54) is 0 Å². The summed E-state index contributed by atoms with van der Waals surface area (Å²) in [5.74, 6) is -0.146. The lowest BCUT2D eigenvalue weighted by Crippen LogP contribution is -2.13. The van der Waals surface area contributed by atoms with Crippen LogP contribution >= 0.6 is 0 Å². The predicted molar refractivity (Wildman–Crippen MR) is 109 cm³/mol. The summed E-state index contributed by atoms with van der Waals surface area (Å²) in [6.45, 7) is 4.03. The number of carbonyl (C=O) groups is 1. The minimum Gasteiger partial charge on any atom is -0.322 e. The molecule has 0 spiro atoms. The Labute approximate surface area is 157 Å². The van der Waals surface area contributed by atoms with Gasteiger partial charge in [0.05, 0.1) is 16.8 Å². The molecule has 0 saturated carbocycles. The maximum atomic E-state index is 13.1. The van der Waals surface area contributed by atoms with Crippen molar-refractivity contribution in [2.45, 2.75) is 13.8 Å². The molecule has 0 bridgehead atoms. The number of benzene rings is 2. The van der Waals surface area contributed by atoms with Crippen LogP contribution in [0.5, 0.6) is 0 Å². The number of nitrogens with zero attached hydrogens (tertiary/aromatic N) is 2. The lowest BCUT2D eigenvalue weighted by atomic mass is 10.0. The summed E-state index contributed by atoms with van der Waals surface area (Å²) in [7, 11) is 0. The summed E-state index contributed by atoms with van der Waals surface area (Å²) in [5, 5.41) is 3.84. The van der Waals surface area contributed by atoms with Crippen LogP contribution < -0.4 is 5.32 Å². The zero-order valence-corrected chi connectivity index (χ0v) is 15.2. The third-order valence-corrected chi connectivity index (χ3v) is 4.49. The van der Waals surface area contributed by atoms with Gasteiger partial charge < -0.3 is 5.32 Å². The van der Waals surface area contributed by atoms with Crippen molar-refractivity contribution in [1.29, 1.82) is 0 Å². The number of rotatable bonds is 3. The first-order valence-electron chi connectivity index (χ1n) is 8.80. The van der Waals surface area contributed by atoms with Gasteiger partial charge in [-0.25, -0.2) is 4.98 Å². The molecule has 0 atom stereocenters. The zero-order chi connectivity index (χ0) is 18.8. The Morgan fingerprint density at radius 3 is 2.30 bits per heavy atom. The van der Waals surface area contributed by atoms with Gasteiger partial charge in [0.15, 0.2) is 0 Å². The van der Waals surface area contributed by atoms with Crippen molar-refractivity contribution >= 4 is 22.5 Å². The van der Waals surface area contributed by atoms with Crippen LogP contribution in [0.25, 0.3) is 22.2 Å². The Morgan fingerprint density at radius 1 is 0.852 bits per heavy atom. The van der Waals surface area contributed by atoms with E-state index in [-0.39, 0.29) is 5.91 Å². The van der Waals surface area contributed by atoms with Gasteiger partial charge in [-0.15, -0.1) is 0 Å². The van der Waals surface area contributed by atoms with E-state index in [0.717, 1.165) is 39.0 Å². The Bertz CT molecular complexity index is 1120. The van der Waals surface area contributed by atoms with Crippen molar-refractivity contribution in [2.75, 3.05) is 5.32 Å². The van der Waals surface area contributed by atoms with Gasteiger partial charge in [0.1, 0.15) is 0 Å². The largest absolute Gasteiger partial charge is 0.322 e. The average molecular weight is 353 g/mol. The van der Waals surface area contributed by atoms with E-state index in [1.807, 2.05) is 74.5 Å². The summed E-state index contributed by atoms with van der Waals surface area (Å²) in [4.78, 5) is 21.9. The quantitative estimate of drug-likeness (QED) is 0.553. The third-order valence-electron chi connectivity index (χ3n) is 4.49. The zero-order valence-electron chi connectivity index (χ0n) is 15.2. The molecule has 2 heterocycles. The normalized spacial score (nSPS) is 10.7. The molecule has 132 valence electrons. The van der Waals surface area contributed by atoms with Crippen molar-refractivity contribution < 1.29 is 4.79 Å². The van der Waals surface area contributed by atoms with Crippen LogP contribution in [0.4, 0.5) is 5.69 Å². The van der Waals surface area contributed by atoms with Gasteiger partial charge >= 0.3 is 0 Å². The van der Waals surface area contributed by atoms with Gasteiger partial charge in [-0.2, -0.15) is 0 Å². The number of nitrogens with one attached hydrogen (secondary N) is 1. The first-order valence-corrected chi connectivity index (χ1v) is 8.80. The number of aryl methyl sites for hydroxylation is 2. The monoisotopic (exact) mass is 353 g/mol. The summed E-state index contributed by atoms with van der Waals surface area (Å²) < 4.78 is 0. The molecule has 27 heavy (non-hydrogen) atoms. The lowest BCUT2D eigenvalue weighted by Gasteiger charge is -2.11. The van der Waals surface area contributed by atoms with Crippen molar-refractivity contribution in [3.63, 3.8) is 0 Å². The lowest BCUT2D eigenvalue weighted by molar-refractivity contribution is 0.102. The maximum Gasteiger partial charge on any atom is 0.256 e. The second kappa shape index (κ2) is 7.00. The van der Waals surface area contributed by atoms with Crippen molar-refractivity contribution in [3.05, 3.63) is 89.7 Å². The SMILES string of the molecule is Cc1ccc(NC(=O)c2cc(-c3ccncc3)nc3ccc(C)cc23)cc1. The molecule has 0 radical (unpaired) electrons. The van der Waals surface area contributed by atoms with Crippen LogP contribution in [0, 0.1) is 13.8 Å². The van der Waals surface area contributed by atoms with Crippen molar-refractivity contribution in [1.82, 2.24) is 9.97 Å². The van der Waals surface area contributed by atoms with E-state index in [1.54, 1.807) is 12.4 Å². The minimum atomic E-state index is -0.146. The van der Waals surface area contributed by atoms with Gasteiger partial charge in [-0.3, -0.25) is 9.78 Å². The topological polar surface area (TPSA) is 54.9 Å². The van der Waals surface area contributed by atoms with Crippen molar-refractivity contribution in [3.8, 4) is 11.3 Å². The molecule has 4 nitrogen and oxygen atoms in total. The number of fused-ring (bicyclic) bond motifs is 1. The molecule has 2 aromatic carbocycles. The molecule has 4 heteroatoms. The van der Waals surface area contributed by atoms with E-state index in [0.29, 0.717) is 5.56 Å². The first-order chi connectivity index (χ1) is 13.1. The van der Waals surface area contributed by atoms with Crippen LogP contribution in [-0.4, -0.2) is 15.9 Å². The first kappa shape index (κ1) is 16.9. The fraction of sp³-hybridized carbons (Fsp3) is 0.0870. The number of carbonyl (C=O) groups excluding carboxylic acids is 1. The van der Waals surface area contributed by atoms with Gasteiger partial charge in [0.25, 0.3) is 5.91 Å². The Kier molecular flexibility index (Phi) is 4.38. The molecule has 0 unspecified atom stereocenters. The fourth-order valence-electron chi connectivity index (χ4n) is 3.03. The van der Waals surface area contributed by atoms with Gasteiger partial charge in [0.2, 0.25) is 0 Å². The third kappa shape index (κ3) is 3.55. The van der Waals surface area contributed by atoms with Crippen LogP contribution in [0.1, 0.15) is 21.5 Å². The number of pyridine rings is 2. The molecular weight excluding hydrogens is 334 g/mol. The highest BCUT2D eigenvalue weighted by molar-refractivity contribution is 6.13. The van der Waals surface area contributed by atoms with Crippen molar-refractivity contribution in [2.24, 2.45) is 0 Å². The molecule has 1 N–H and O–H groups in total. The van der Waals surface area contributed by atoms with E-state index in [4.69, 9.17) is 4.98 Å². The molecule has 0 aliphatic heterocycles. The molecule has 4 aromatic rings. The average Bonchev–Trinajstić information content (AvgIpc) is 2.69. The molecule has 2 aromatic heterocycles. The Morgan fingerprint density at radius 2 is 1.56 bits per heavy atom. The predicted octanol–water partition coefficient (Wildman–Crippen LogP) is 5.17. The minimum absolute atomic E-state index is 0.146. The molecule has 0 aliphatic carbocycles. The van der Waals surface area contributed by atoms with Crippen LogP contribution in [0.2, 0.25) is 0 Å². The number of aromatic nitrogens is 2. The van der Waals surface area contributed by atoms with E-state index in [9.17, 15) is 4.79 Å². The number of anilines is 1. The molecule has 0 saturated heterocycles. The second-order valence-corrected chi connectivity index (χ2v) is 6.63. The smallest absolute Gasteiger partial charge is 0.256 e. The highest BCUT2D eigenvalue weighted by atomic mass is 16.1. The van der Waals surface area contributed by atoms with Crippen LogP contribution in [0.3, 0.4) is 0 Å². The molecule has 0 fully saturated rings. The van der Waals surface area contributed by atoms with E-state index >= 15 is 0 Å². The standard InChI is InChI=1S/C23H19N3O/c1-15-3-6-18(7-4-15)25-23(27)20-14-22(17-9-11-24-12-10-17)26-21-8-5-16(2)13-19(20)21/h3-14H,1-2H3,(H,25,27). The molecule has 1 amide bonds. The molecular formula is C23H19N3O. The highest BCUT2D eigenvalue weighted by Gasteiger charge is 2.14. The summed E-state index contributed by atoms with van der Waals surface area (Å²) in [5.41, 5.74) is 6.09. The van der Waals surface area contributed by atoms with Gasteiger partial charge in [-0.1, -0.05) is 29.3 Å². The summed E-state index contributed by atoms with van der Waals surface area (Å²) in [6, 6.07) is 19.4. The van der Waals surface area contributed by atoms with E-state index < -0.39 is 0 Å². The Hall–Kier alpha value is -3.53. The van der Waals surface area contributed by atoms with Crippen LogP contribution in [0.15, 0.2) is 73.1 Å². The van der Waals surface area contributed by atoms with Gasteiger partial charge in [0, 0.05) is 29.0 Å². The number of hydrogen-bond acceptors (Lipinski definition) is 3. The number of amides is 1. The van der Waals surface area contributed by atoms with E-state index in [2.05, 4.69) is 10.3 Å². The molecule has 4 rings (SSSR count). The highest BCUT2D eigenvalue weighted by Crippen LogP contribution is 2.26. The van der Waals surface area contributed by atoms with Crippen LogP contribution in [-0.2, 0) is 0 Å². The summed E-state index contributed by atoms with van der Waals surface area (Å²) >= 11 is 0. The Balaban J connectivity index is 1.82. The van der Waals surface area contributed by atoms with Gasteiger partial charge in [-0.05, 0) is 56.3 Å². The maximum absolute atomic E-state index is 13.1. The number of hydrogen-bond donors (Lipinski definition) is 1. The summed E-state index contributed by atoms with van der Waals surface area (Å²) in [6.07, 6.45) is 3.45.